The van der Waals surface area contributed by atoms with Crippen LogP contribution in [0.1, 0.15) is 280 Å². The molecule has 0 amide bonds. The molecule has 10 atom stereocenters. The summed E-state index contributed by atoms with van der Waals surface area (Å²) in [5, 5.41) is 0. The Morgan fingerprint density at radius 3 is 0.635 bits per heavy atom. The van der Waals surface area contributed by atoms with Crippen molar-refractivity contribution in [1.29, 1.82) is 0 Å². The molecular weight excluding hydrogens is 1490 g/mol. The van der Waals surface area contributed by atoms with E-state index < -0.39 is 17.9 Å². The number of fused-ring (bicyclic) bond motifs is 10. The molecule has 104 heavy (non-hydrogen) atoms. The van der Waals surface area contributed by atoms with E-state index in [1.54, 1.807) is 0 Å². The molecular formula is C86H160BN7NaO7Pd2. The molecule has 20 rings (SSSR count). The Kier molecular flexibility index (Phi) is 88.8. The number of hydrogen-bond acceptors (Lipinski definition) is 14. The molecule has 18 heteroatoms. The number of allylic oxidation sites excluding steroid dienone is 20. The van der Waals surface area contributed by atoms with Crippen molar-refractivity contribution in [3.05, 3.63) is 122 Å². The Morgan fingerprint density at radius 1 is 0.365 bits per heavy atom. The Hall–Kier alpha value is -2.41. The van der Waals surface area contributed by atoms with E-state index in [0.29, 0.717) is 23.9 Å². The number of nitrogens with two attached hydrogens (primary N) is 2. The summed E-state index contributed by atoms with van der Waals surface area (Å²) in [7, 11) is 17.0. The molecule has 10 saturated heterocycles. The van der Waals surface area contributed by atoms with Crippen LogP contribution < -0.4 is 41.0 Å². The Labute approximate surface area is 693 Å². The zero-order valence-electron chi connectivity index (χ0n) is 70.4. The minimum atomic E-state index is -0.639. The van der Waals surface area contributed by atoms with Crippen LogP contribution in [0, 0.1) is 17.8 Å². The summed E-state index contributed by atoms with van der Waals surface area (Å²) in [6.07, 6.45) is 71.8. The number of hydrogen-bond donors (Lipinski definition) is 2. The topological polar surface area (TPSA) is 164 Å². The molecule has 5 saturated carbocycles. The van der Waals surface area contributed by atoms with Gasteiger partial charge < -0.3 is 43.8 Å². The zero-order valence-corrected chi connectivity index (χ0v) is 75.5. The summed E-state index contributed by atoms with van der Waals surface area (Å²) in [5.74, 6) is 1.89. The maximum Gasteiger partial charge on any atom is 1.00 e. The van der Waals surface area contributed by atoms with E-state index in [0.717, 1.165) is 125 Å². The number of ketones is 1. The van der Waals surface area contributed by atoms with Gasteiger partial charge in [0, 0.05) is 141 Å². The number of rotatable bonds is 3. The van der Waals surface area contributed by atoms with Gasteiger partial charge in [0.25, 0.3) is 0 Å². The minimum Gasteiger partial charge on any atom is -0.793 e. The molecule has 10 aliphatic carbocycles. The molecule has 0 aromatic rings. The predicted octanol–water partition coefficient (Wildman–Crippen LogP) is 16.8. The molecule has 3 radical (unpaired) electrons. The van der Waals surface area contributed by atoms with Gasteiger partial charge in [0.15, 0.2) is 0 Å². The summed E-state index contributed by atoms with van der Waals surface area (Å²) < 4.78 is 3.61. The van der Waals surface area contributed by atoms with Crippen LogP contribution in [0.3, 0.4) is 0 Å². The van der Waals surface area contributed by atoms with Crippen LogP contribution in [0.2, 0.25) is 0 Å². The molecule has 0 aromatic heterocycles. The molecule has 10 aliphatic heterocycles. The molecule has 10 unspecified atom stereocenters. The maximum absolute atomic E-state index is 10.8. The van der Waals surface area contributed by atoms with Crippen molar-refractivity contribution in [3.8, 4) is 0 Å². The van der Waals surface area contributed by atoms with Crippen LogP contribution in [0.5, 0.6) is 0 Å². The van der Waals surface area contributed by atoms with Crippen LogP contribution >= 0.6 is 0 Å². The van der Waals surface area contributed by atoms with Crippen molar-refractivity contribution in [2.24, 2.45) is 29.2 Å². The average molecular weight is 1650 g/mol. The van der Waals surface area contributed by atoms with Crippen molar-refractivity contribution in [2.45, 2.75) is 346 Å². The van der Waals surface area contributed by atoms with Crippen molar-refractivity contribution in [2.75, 3.05) is 42.3 Å². The second kappa shape index (κ2) is 78.7. The van der Waals surface area contributed by atoms with Crippen LogP contribution in [-0.2, 0) is 74.5 Å². The quantitative estimate of drug-likeness (QED) is 0.156. The summed E-state index contributed by atoms with van der Waals surface area (Å²) in [6.45, 7) is 34.5. The largest absolute Gasteiger partial charge is 1.00 e. The van der Waals surface area contributed by atoms with Gasteiger partial charge in [-0.3, -0.25) is 14.5 Å². The molecule has 0 spiro atoms. The van der Waals surface area contributed by atoms with Gasteiger partial charge in [-0.25, -0.2) is 19.4 Å². The van der Waals surface area contributed by atoms with Gasteiger partial charge in [-0.05, 0) is 176 Å². The Bertz CT molecular complexity index is 2010. The Morgan fingerprint density at radius 2 is 0.529 bits per heavy atom. The minimum absolute atomic E-state index is 0. The van der Waals surface area contributed by atoms with E-state index in [1.165, 1.54) is 117 Å². The second-order valence-corrected chi connectivity index (χ2v) is 25.7. The normalized spacial score (nSPS) is 27.1. The van der Waals surface area contributed by atoms with Crippen molar-refractivity contribution < 1.29 is 104 Å². The average Bonchev–Trinajstić information content (AvgIpc) is 1.01. The molecule has 15 fully saturated rings. The molecule has 20 aliphatic rings. The van der Waals surface area contributed by atoms with Crippen molar-refractivity contribution in [3.63, 3.8) is 0 Å². The summed E-state index contributed by atoms with van der Waals surface area (Å²) in [4.78, 5) is 60.1. The SMILES string of the molecule is C.C1=CCC=C1.C1=CCC=C1.C1=CCC=C1.C1=CCC=C1.C1=CCC=C1.CC.CC.CC.CC.CC.CC.CC(=O)OOC(C)=O.CCC1CC2CC(C1)N2C.CCC1CC2CC(C1)N2C.CCC1CC2CC(C1)N2C.CN.CN1C2CC(=O)CC1C2.CN1C2CC(N)CC1C2.[B-]OC(C)=O.[Na+].[Pd].[Pd]. The molecule has 10 bridgehead atoms. The van der Waals surface area contributed by atoms with E-state index in [1.807, 2.05) is 83.1 Å². The van der Waals surface area contributed by atoms with Crippen LogP contribution in [0.4, 0.5) is 0 Å². The monoisotopic (exact) mass is 1650 g/mol. The van der Waals surface area contributed by atoms with Crippen molar-refractivity contribution >= 4 is 31.7 Å². The van der Waals surface area contributed by atoms with Gasteiger partial charge in [-0.15, -0.1) is 0 Å². The number of carbonyl (C=O) groups is 4. The summed E-state index contributed by atoms with van der Waals surface area (Å²) >= 11 is 0. The first-order chi connectivity index (χ1) is 48.4. The van der Waals surface area contributed by atoms with Crippen molar-refractivity contribution in [1.82, 2.24) is 24.5 Å². The van der Waals surface area contributed by atoms with Crippen LogP contribution in [0.25, 0.3) is 0 Å². The fraction of sp³-hybridized carbons (Fsp3) is 0.721. The van der Waals surface area contributed by atoms with E-state index in [4.69, 9.17) is 5.73 Å². The molecule has 10 heterocycles. The number of Topliss-reactive ketones (excluding diaryl/α,β-unsaturated/α-hetero) is 1. The third kappa shape index (κ3) is 52.7. The standard InChI is InChI=1S/3C9H17N.C7H14N2.C7H11NO.5C5H6.C4H6O4.C2H3BO2.6C2H6.CH5N.CH4.Na.2Pd/c3*1-3-7-4-8-6-9(5-7)10(8)2;1-9-6-2-5(8)3-7(9)4-6;1-8-5-2-6(8)4-7(9)3-5;5*1-2-4-5-3-1;1-3(5)7-8-4(2)6;1-2(4)5-3;7*1-2;;;;/h3*7-9H,3-6H2,1-2H3;5-7H,2-4,8H2,1H3;5-6H,2-4H2,1H3;5*1-4H,5H2;1-2H3;1H3;6*1-2H3;2H2,1H3;1H4;;;/q;;;;;;;;;;;-1;;;;;;;;;+1;;. The first kappa shape index (κ1) is 117. The predicted molar refractivity (Wildman–Crippen MR) is 441 cm³/mol. The van der Waals surface area contributed by atoms with E-state index in [-0.39, 0.29) is 77.8 Å². The van der Waals surface area contributed by atoms with Crippen LogP contribution in [-0.4, -0.2) is 165 Å². The van der Waals surface area contributed by atoms with Gasteiger partial charge in [0.1, 0.15) is 5.78 Å². The van der Waals surface area contributed by atoms with Gasteiger partial charge in [0.05, 0.1) is 0 Å². The third-order valence-electron chi connectivity index (χ3n) is 19.6. The summed E-state index contributed by atoms with van der Waals surface area (Å²) in [6, 6.07) is 9.15. The molecule has 14 nitrogen and oxygen atoms in total. The van der Waals surface area contributed by atoms with E-state index in [9.17, 15) is 19.2 Å². The molecule has 4 N–H and O–H groups in total. The maximum atomic E-state index is 10.8. The number of carbonyl (C=O) groups excluding carboxylic acids is 4. The first-order valence-corrected chi connectivity index (χ1v) is 39.6. The van der Waals surface area contributed by atoms with Gasteiger partial charge in [-0.2, -0.15) is 0 Å². The van der Waals surface area contributed by atoms with Gasteiger partial charge in [-0.1, -0.05) is 252 Å². The van der Waals surface area contributed by atoms with Gasteiger partial charge >= 0.3 is 41.5 Å². The third-order valence-corrected chi connectivity index (χ3v) is 19.6. The number of piperidine rings is 5. The fourth-order valence-electron chi connectivity index (χ4n) is 13.7. The van der Waals surface area contributed by atoms with Crippen LogP contribution in [0.15, 0.2) is 122 Å². The zero-order chi connectivity index (χ0) is 76.8. The number of nitrogens with zero attached hydrogens (tertiary/aromatic N) is 5. The van der Waals surface area contributed by atoms with E-state index in [2.05, 4.69) is 230 Å². The van der Waals surface area contributed by atoms with Gasteiger partial charge in [0.2, 0.25) is 5.97 Å². The second-order valence-electron chi connectivity index (χ2n) is 25.7. The fourth-order valence-corrected chi connectivity index (χ4v) is 13.7. The van der Waals surface area contributed by atoms with E-state index >= 15 is 0 Å². The Balaban J connectivity index is -0.000000159. The summed E-state index contributed by atoms with van der Waals surface area (Å²) in [5.41, 5.74) is 10.3. The smallest absolute Gasteiger partial charge is 0.793 e. The molecule has 0 aromatic carbocycles. The molecule has 605 valence electrons. The first-order valence-electron chi connectivity index (χ1n) is 39.6.